The van der Waals surface area contributed by atoms with E-state index in [0.29, 0.717) is 5.65 Å². The monoisotopic (exact) mass is 323 g/mol. The number of H-pyrrole nitrogens is 1. The van der Waals surface area contributed by atoms with E-state index >= 15 is 0 Å². The van der Waals surface area contributed by atoms with Crippen molar-refractivity contribution >= 4 is 23.5 Å². The van der Waals surface area contributed by atoms with Gasteiger partial charge in [0.2, 0.25) is 7.38 Å². The van der Waals surface area contributed by atoms with E-state index in [2.05, 4.69) is 25.1 Å². The topological polar surface area (TPSA) is 129 Å². The molecule has 0 bridgehead atoms. The Kier molecular flexibility index (Phi) is 3.77. The smallest absolute Gasteiger partial charge is 0.280 e. The third kappa shape index (κ3) is 2.96. The predicted octanol–water partition coefficient (Wildman–Crippen LogP) is -1.02. The Morgan fingerprint density at radius 1 is 1.70 bits per heavy atom. The summed E-state index contributed by atoms with van der Waals surface area (Å²) in [5.41, 5.74) is 0.0700. The first-order valence-electron chi connectivity index (χ1n) is 7.49. The standard InChI is InChI=1S/C13H18N6O4/c1-18(2)5-15-13-16-11-10(12(22)17-13)14-6-19(11)9-3-7(21)8(4-20)23-9/h5-9,20-21H,3-4H2,1-2H3,(H,16,17,22)/b15-5-/t7?,8-,9-/m1/s1/i20D. The molecule has 2 aromatic rings. The molecule has 1 aliphatic heterocycles. The van der Waals surface area contributed by atoms with Crippen LogP contribution in [0.3, 0.4) is 0 Å². The summed E-state index contributed by atoms with van der Waals surface area (Å²) < 4.78 is 14.0. The highest BCUT2D eigenvalue weighted by atomic mass is 16.5. The summed E-state index contributed by atoms with van der Waals surface area (Å²) in [6.07, 6.45) is 1.30. The number of aliphatic hydroxyl groups is 2. The van der Waals surface area contributed by atoms with E-state index in [-0.39, 0.29) is 24.5 Å². The molecule has 0 amide bonds. The third-order valence-corrected chi connectivity index (χ3v) is 3.51. The van der Waals surface area contributed by atoms with E-state index in [4.69, 9.17) is 6.17 Å². The van der Waals surface area contributed by atoms with Gasteiger partial charge < -0.3 is 19.9 Å². The quantitative estimate of drug-likeness (QED) is 0.474. The second kappa shape index (κ2) is 6.07. The summed E-state index contributed by atoms with van der Waals surface area (Å²) >= 11 is 0. The fourth-order valence-corrected chi connectivity index (χ4v) is 2.39. The Morgan fingerprint density at radius 2 is 2.52 bits per heavy atom. The Bertz CT molecular complexity index is 803. The minimum absolute atomic E-state index is 0.0450. The number of imidazole rings is 1. The molecular formula is C13H18N6O4. The molecule has 3 heterocycles. The lowest BCUT2D eigenvalue weighted by molar-refractivity contribution is -0.0432. The number of ether oxygens (including phenoxy) is 1. The molecule has 0 radical (unpaired) electrons. The number of nitrogens with one attached hydrogen (secondary N) is 1. The number of fused-ring (bicyclic) bond motifs is 1. The van der Waals surface area contributed by atoms with Crippen LogP contribution in [0.25, 0.3) is 11.2 Å². The molecule has 124 valence electrons. The Morgan fingerprint density at radius 3 is 3.26 bits per heavy atom. The molecule has 3 N–H and O–H groups in total. The summed E-state index contributed by atoms with van der Waals surface area (Å²) in [4.78, 5) is 28.8. The first kappa shape index (κ1) is 14.3. The molecule has 0 spiro atoms. The van der Waals surface area contributed by atoms with Crippen LogP contribution >= 0.6 is 0 Å². The zero-order valence-corrected chi connectivity index (χ0v) is 12.7. The van der Waals surface area contributed by atoms with Crippen LogP contribution in [0.5, 0.6) is 0 Å². The Balaban J connectivity index is 1.96. The predicted molar refractivity (Wildman–Crippen MR) is 81.6 cm³/mol. The van der Waals surface area contributed by atoms with Crippen LogP contribution in [0.4, 0.5) is 5.95 Å². The van der Waals surface area contributed by atoms with Crippen LogP contribution in [-0.4, -0.2) is 75.3 Å². The zero-order chi connectivity index (χ0) is 17.3. The molecule has 1 aliphatic rings. The molecule has 0 aromatic carbocycles. The average Bonchev–Trinajstić information content (AvgIpc) is 3.10. The number of rotatable bonds is 5. The van der Waals surface area contributed by atoms with Crippen molar-refractivity contribution in [3.8, 4) is 0 Å². The number of aromatic nitrogens is 4. The van der Waals surface area contributed by atoms with Gasteiger partial charge in [-0.25, -0.2) is 9.98 Å². The molecule has 3 atom stereocenters. The number of aliphatic hydroxyl groups excluding tert-OH is 2. The highest BCUT2D eigenvalue weighted by Crippen LogP contribution is 2.30. The van der Waals surface area contributed by atoms with Crippen molar-refractivity contribution in [2.75, 3.05) is 20.7 Å². The first-order valence-corrected chi connectivity index (χ1v) is 7.08. The highest BCUT2D eigenvalue weighted by Gasteiger charge is 2.35. The van der Waals surface area contributed by atoms with Crippen LogP contribution < -0.4 is 5.56 Å². The highest BCUT2D eigenvalue weighted by molar-refractivity contribution is 5.71. The minimum Gasteiger partial charge on any atom is -0.394 e. The van der Waals surface area contributed by atoms with Crippen molar-refractivity contribution in [1.82, 2.24) is 24.4 Å². The van der Waals surface area contributed by atoms with E-state index in [1.54, 1.807) is 23.6 Å². The van der Waals surface area contributed by atoms with Gasteiger partial charge in [-0.2, -0.15) is 4.98 Å². The van der Waals surface area contributed by atoms with Crippen molar-refractivity contribution in [3.63, 3.8) is 0 Å². The van der Waals surface area contributed by atoms with Crippen molar-refractivity contribution in [1.29, 1.82) is 1.43 Å². The van der Waals surface area contributed by atoms with E-state index in [1.807, 2.05) is 0 Å². The van der Waals surface area contributed by atoms with Crippen molar-refractivity contribution in [3.05, 3.63) is 16.7 Å². The van der Waals surface area contributed by atoms with Crippen LogP contribution in [0.1, 0.15) is 12.6 Å². The first-order chi connectivity index (χ1) is 11.5. The molecule has 1 saturated heterocycles. The minimum atomic E-state index is -0.772. The van der Waals surface area contributed by atoms with Gasteiger partial charge in [0.25, 0.3) is 5.56 Å². The van der Waals surface area contributed by atoms with Gasteiger partial charge in [-0.3, -0.25) is 14.3 Å². The van der Waals surface area contributed by atoms with Crippen LogP contribution in [-0.2, 0) is 4.74 Å². The maximum absolute atomic E-state index is 12.1. The van der Waals surface area contributed by atoms with Gasteiger partial charge in [-0.05, 0) is 0 Å². The SMILES string of the molecule is [2H]OC[C@H]1O[C@@H](n2cnc3c(=O)[nH]c(/N=C\N(C)C)nc32)CC1O. The molecule has 2 aromatic heterocycles. The van der Waals surface area contributed by atoms with Gasteiger partial charge in [0, 0.05) is 20.5 Å². The van der Waals surface area contributed by atoms with E-state index < -0.39 is 24.0 Å². The molecule has 0 aliphatic carbocycles. The summed E-state index contributed by atoms with van der Waals surface area (Å²) in [5.74, 6) is 0.146. The third-order valence-electron chi connectivity index (χ3n) is 3.51. The average molecular weight is 323 g/mol. The largest absolute Gasteiger partial charge is 0.394 e. The molecule has 23 heavy (non-hydrogen) atoms. The summed E-state index contributed by atoms with van der Waals surface area (Å²) in [6, 6.07) is 0. The second-order valence-corrected chi connectivity index (χ2v) is 5.52. The number of aromatic amines is 1. The summed E-state index contributed by atoms with van der Waals surface area (Å²) in [7, 11) is 3.60. The van der Waals surface area contributed by atoms with Crippen LogP contribution in [0.15, 0.2) is 16.1 Å². The van der Waals surface area contributed by atoms with Gasteiger partial charge in [0.1, 0.15) is 12.3 Å². The molecule has 3 rings (SSSR count). The lowest BCUT2D eigenvalue weighted by Gasteiger charge is -2.13. The zero-order valence-electron chi connectivity index (χ0n) is 13.7. The summed E-state index contributed by atoms with van der Waals surface area (Å²) in [6.45, 7) is -0.0450. The van der Waals surface area contributed by atoms with Gasteiger partial charge in [-0.1, -0.05) is 0 Å². The van der Waals surface area contributed by atoms with E-state index in [0.717, 1.165) is 0 Å². The van der Waals surface area contributed by atoms with Crippen LogP contribution in [0.2, 0.25) is 0 Å². The van der Waals surface area contributed by atoms with E-state index in [1.165, 1.54) is 12.7 Å². The Hall–Kier alpha value is -2.30. The van der Waals surface area contributed by atoms with Gasteiger partial charge >= 0.3 is 0 Å². The van der Waals surface area contributed by atoms with Crippen molar-refractivity contribution < 1.29 is 15.0 Å². The van der Waals surface area contributed by atoms with Crippen LogP contribution in [0, 0.1) is 0 Å². The molecular weight excluding hydrogens is 304 g/mol. The summed E-state index contributed by atoms with van der Waals surface area (Å²) in [5, 5.41) is 14.3. The Labute approximate surface area is 132 Å². The van der Waals surface area contributed by atoms with Crippen molar-refractivity contribution in [2.45, 2.75) is 24.9 Å². The normalized spacial score (nSPS) is 25.3. The van der Waals surface area contributed by atoms with Crippen molar-refractivity contribution in [2.24, 2.45) is 4.99 Å². The molecule has 10 nitrogen and oxygen atoms in total. The molecule has 1 unspecified atom stereocenters. The fourth-order valence-electron chi connectivity index (χ4n) is 2.39. The fraction of sp³-hybridized carbons (Fsp3) is 0.538. The maximum Gasteiger partial charge on any atom is 0.280 e. The number of aliphatic imine (C=N–C) groups is 1. The maximum atomic E-state index is 12.1. The lowest BCUT2D eigenvalue weighted by atomic mass is 10.2. The van der Waals surface area contributed by atoms with Gasteiger partial charge in [-0.15, -0.1) is 0 Å². The number of hydrogen-bond donors (Lipinski definition) is 3. The molecule has 1 fully saturated rings. The molecule has 10 heteroatoms. The van der Waals surface area contributed by atoms with Gasteiger partial charge in [0.05, 0.1) is 25.4 Å². The lowest BCUT2D eigenvalue weighted by Crippen LogP contribution is -2.24. The van der Waals surface area contributed by atoms with E-state index in [9.17, 15) is 9.90 Å². The molecule has 0 saturated carbocycles. The number of hydrogen-bond acceptors (Lipinski definition) is 7. The second-order valence-electron chi connectivity index (χ2n) is 5.52. The van der Waals surface area contributed by atoms with Gasteiger partial charge in [0.15, 0.2) is 11.2 Å². The number of nitrogens with zero attached hydrogens (tertiary/aromatic N) is 5.